The van der Waals surface area contributed by atoms with Crippen LogP contribution in [0.3, 0.4) is 0 Å². The third-order valence-corrected chi connectivity index (χ3v) is 6.17. The second-order valence-corrected chi connectivity index (χ2v) is 8.85. The molecule has 1 fully saturated rings. The van der Waals surface area contributed by atoms with E-state index >= 15 is 0 Å². The molecule has 1 aromatic rings. The largest absolute Gasteiger partial charge is 0.398 e. The van der Waals surface area contributed by atoms with Gasteiger partial charge in [-0.05, 0) is 25.0 Å². The van der Waals surface area contributed by atoms with Crippen LogP contribution in [0.25, 0.3) is 0 Å². The molecule has 2 rings (SSSR count). The number of hydrogen-bond acceptors (Lipinski definition) is 4. The lowest BCUT2D eigenvalue weighted by Crippen LogP contribution is -2.43. The van der Waals surface area contributed by atoms with Crippen LogP contribution in [-0.4, -0.2) is 49.9 Å². The predicted molar refractivity (Wildman–Crippen MR) is 91.0 cm³/mol. The fraction of sp³-hybridized carbons (Fsp3) is 0.533. The first-order valence-electron chi connectivity index (χ1n) is 7.61. The van der Waals surface area contributed by atoms with Gasteiger partial charge < -0.3 is 5.32 Å². The Balaban J connectivity index is 2.05. The van der Waals surface area contributed by atoms with Crippen molar-refractivity contribution in [3.8, 4) is 0 Å². The topological polar surface area (TPSA) is 66.5 Å². The Morgan fingerprint density at radius 3 is 2.68 bits per heavy atom. The van der Waals surface area contributed by atoms with E-state index < -0.39 is 27.9 Å². The summed E-state index contributed by atoms with van der Waals surface area (Å²) in [5.74, 6) is -1.96. The van der Waals surface area contributed by atoms with Crippen LogP contribution in [0.15, 0.2) is 29.2 Å². The summed E-state index contributed by atoms with van der Waals surface area (Å²) in [5, 5.41) is 2.64. The minimum absolute atomic E-state index is 0.0858. The van der Waals surface area contributed by atoms with E-state index in [0.717, 1.165) is 6.26 Å². The minimum Gasteiger partial charge on any atom is -0.325 e. The highest BCUT2D eigenvalue weighted by molar-refractivity contribution is 7.99. The van der Waals surface area contributed by atoms with Gasteiger partial charge in [0.1, 0.15) is 0 Å². The summed E-state index contributed by atoms with van der Waals surface area (Å²) in [7, 11) is -3.37. The average molecular weight is 396 g/mol. The van der Waals surface area contributed by atoms with E-state index in [0.29, 0.717) is 41.7 Å². The molecule has 1 aromatic carbocycles. The Bertz CT molecular complexity index is 723. The van der Waals surface area contributed by atoms with Crippen LogP contribution in [0.2, 0.25) is 0 Å². The molecular weight excluding hydrogens is 377 g/mol. The highest BCUT2D eigenvalue weighted by atomic mass is 32.2. The molecule has 1 heterocycles. The lowest BCUT2D eigenvalue weighted by Gasteiger charge is -2.30. The zero-order valence-corrected chi connectivity index (χ0v) is 15.2. The summed E-state index contributed by atoms with van der Waals surface area (Å²) in [4.78, 5) is 12.8. The summed E-state index contributed by atoms with van der Waals surface area (Å²) in [6, 6.07) is 6.26. The number of piperidine rings is 1. The van der Waals surface area contributed by atoms with E-state index in [1.165, 1.54) is 16.4 Å². The smallest absolute Gasteiger partial charge is 0.325 e. The van der Waals surface area contributed by atoms with Crippen LogP contribution in [0.1, 0.15) is 12.8 Å². The summed E-state index contributed by atoms with van der Waals surface area (Å²) >= 11 is 0.601. The van der Waals surface area contributed by atoms with Crippen molar-refractivity contribution in [2.24, 2.45) is 5.92 Å². The summed E-state index contributed by atoms with van der Waals surface area (Å²) in [6.45, 7) is 0.461. The zero-order chi connectivity index (χ0) is 18.7. The number of halogens is 3. The van der Waals surface area contributed by atoms with Crippen LogP contribution < -0.4 is 5.32 Å². The molecule has 1 aliphatic rings. The molecule has 25 heavy (non-hydrogen) atoms. The number of sulfonamides is 1. The highest BCUT2D eigenvalue weighted by Crippen LogP contribution is 2.32. The van der Waals surface area contributed by atoms with E-state index in [2.05, 4.69) is 5.32 Å². The maximum Gasteiger partial charge on any atom is 0.398 e. The van der Waals surface area contributed by atoms with Gasteiger partial charge in [-0.15, -0.1) is 11.8 Å². The van der Waals surface area contributed by atoms with Crippen molar-refractivity contribution in [2.45, 2.75) is 23.9 Å². The van der Waals surface area contributed by atoms with Gasteiger partial charge in [-0.25, -0.2) is 12.7 Å². The monoisotopic (exact) mass is 396 g/mol. The Hall–Kier alpha value is -1.26. The van der Waals surface area contributed by atoms with E-state index in [1.807, 2.05) is 0 Å². The number of alkyl halides is 3. The normalized spacial score (nSPS) is 19.6. The van der Waals surface area contributed by atoms with Gasteiger partial charge in [-0.3, -0.25) is 4.79 Å². The fourth-order valence-corrected chi connectivity index (χ4v) is 4.23. The number of benzene rings is 1. The standard InChI is InChI=1S/C15H19F3N2O3S2/c1-25(22,23)20-8-4-5-11(9-20)14(21)19-12-6-2-3-7-13(12)24-10-15(16,17)18/h2-3,6-7,11H,4-5,8-10H2,1H3,(H,19,21). The molecule has 0 saturated carbocycles. The Labute approximate surface area is 149 Å². The van der Waals surface area contributed by atoms with Gasteiger partial charge >= 0.3 is 6.18 Å². The number of carbonyl (C=O) groups is 1. The van der Waals surface area contributed by atoms with Gasteiger partial charge in [0.2, 0.25) is 15.9 Å². The van der Waals surface area contributed by atoms with Crippen molar-refractivity contribution in [2.75, 3.05) is 30.4 Å². The fourth-order valence-electron chi connectivity index (χ4n) is 2.55. The van der Waals surface area contributed by atoms with E-state index in [4.69, 9.17) is 0 Å². The number of hydrogen-bond donors (Lipinski definition) is 1. The lowest BCUT2D eigenvalue weighted by atomic mass is 9.99. The number of thioether (sulfide) groups is 1. The zero-order valence-electron chi connectivity index (χ0n) is 13.5. The third kappa shape index (κ3) is 6.19. The van der Waals surface area contributed by atoms with Gasteiger partial charge in [0, 0.05) is 18.0 Å². The maximum absolute atomic E-state index is 12.4. The lowest BCUT2D eigenvalue weighted by molar-refractivity contribution is -0.120. The van der Waals surface area contributed by atoms with Crippen molar-refractivity contribution in [3.05, 3.63) is 24.3 Å². The second kappa shape index (κ2) is 7.96. The van der Waals surface area contributed by atoms with Crippen molar-refractivity contribution < 1.29 is 26.4 Å². The third-order valence-electron chi connectivity index (χ3n) is 3.76. The Morgan fingerprint density at radius 1 is 1.36 bits per heavy atom. The molecular formula is C15H19F3N2O3S2. The molecule has 0 spiro atoms. The van der Waals surface area contributed by atoms with Gasteiger partial charge in [0.05, 0.1) is 23.6 Å². The predicted octanol–water partition coefficient (Wildman–Crippen LogP) is 2.95. The van der Waals surface area contributed by atoms with E-state index in [9.17, 15) is 26.4 Å². The molecule has 0 bridgehead atoms. The first kappa shape index (κ1) is 20.1. The van der Waals surface area contributed by atoms with Crippen LogP contribution in [0.4, 0.5) is 18.9 Å². The first-order valence-corrected chi connectivity index (χ1v) is 10.4. The highest BCUT2D eigenvalue weighted by Gasteiger charge is 2.31. The summed E-state index contributed by atoms with van der Waals surface area (Å²) in [6.07, 6.45) is -2.11. The van der Waals surface area contributed by atoms with Gasteiger partial charge in [-0.1, -0.05) is 12.1 Å². The number of para-hydroxylation sites is 1. The van der Waals surface area contributed by atoms with Gasteiger partial charge in [0.15, 0.2) is 0 Å². The second-order valence-electron chi connectivity index (χ2n) is 5.85. The molecule has 1 aliphatic heterocycles. The average Bonchev–Trinajstić information content (AvgIpc) is 2.52. The number of anilines is 1. The van der Waals surface area contributed by atoms with E-state index in [-0.39, 0.29) is 12.5 Å². The number of rotatable bonds is 5. The van der Waals surface area contributed by atoms with Gasteiger partial charge in [-0.2, -0.15) is 13.2 Å². The van der Waals surface area contributed by atoms with Crippen LogP contribution in [0.5, 0.6) is 0 Å². The van der Waals surface area contributed by atoms with Crippen LogP contribution in [-0.2, 0) is 14.8 Å². The molecule has 140 valence electrons. The van der Waals surface area contributed by atoms with Gasteiger partial charge in [0.25, 0.3) is 0 Å². The minimum atomic E-state index is -4.30. The summed E-state index contributed by atoms with van der Waals surface area (Å²) in [5.41, 5.74) is 0.304. The Kier molecular flexibility index (Phi) is 6.39. The van der Waals surface area contributed by atoms with Crippen molar-refractivity contribution in [1.29, 1.82) is 0 Å². The van der Waals surface area contributed by atoms with Crippen molar-refractivity contribution in [1.82, 2.24) is 4.31 Å². The number of carbonyl (C=O) groups excluding carboxylic acids is 1. The first-order chi connectivity index (χ1) is 11.6. The SMILES string of the molecule is CS(=O)(=O)N1CCCC(C(=O)Nc2ccccc2SCC(F)(F)F)C1. The molecule has 0 aliphatic carbocycles. The molecule has 5 nitrogen and oxygen atoms in total. The molecule has 0 radical (unpaired) electrons. The van der Waals surface area contributed by atoms with Crippen LogP contribution >= 0.6 is 11.8 Å². The Morgan fingerprint density at radius 2 is 2.04 bits per heavy atom. The van der Waals surface area contributed by atoms with Crippen LogP contribution in [0, 0.1) is 5.92 Å². The molecule has 1 saturated heterocycles. The number of amides is 1. The molecule has 1 N–H and O–H groups in total. The number of nitrogens with one attached hydrogen (secondary N) is 1. The molecule has 1 amide bonds. The molecule has 1 atom stereocenters. The van der Waals surface area contributed by atoms with E-state index in [1.54, 1.807) is 12.1 Å². The maximum atomic E-state index is 12.4. The summed E-state index contributed by atoms with van der Waals surface area (Å²) < 4.78 is 61.7. The molecule has 0 aromatic heterocycles. The molecule has 10 heteroatoms. The molecule has 1 unspecified atom stereocenters. The van der Waals surface area contributed by atoms with Crippen molar-refractivity contribution >= 4 is 33.4 Å². The van der Waals surface area contributed by atoms with Crippen molar-refractivity contribution in [3.63, 3.8) is 0 Å². The quantitative estimate of drug-likeness (QED) is 0.777. The number of nitrogens with zero attached hydrogens (tertiary/aromatic N) is 1.